The van der Waals surface area contributed by atoms with Gasteiger partial charge in [-0.25, -0.2) is 5.01 Å². The fraction of sp³-hybridized carbons (Fsp3) is 0.933. The van der Waals surface area contributed by atoms with E-state index in [1.54, 1.807) is 0 Å². The van der Waals surface area contributed by atoms with Gasteiger partial charge in [-0.2, -0.15) is 0 Å². The summed E-state index contributed by atoms with van der Waals surface area (Å²) in [5, 5.41) is 2.04. The van der Waals surface area contributed by atoms with Crippen molar-refractivity contribution in [2.75, 3.05) is 39.8 Å². The third-order valence-electron chi connectivity index (χ3n) is 4.25. The van der Waals surface area contributed by atoms with E-state index in [0.717, 1.165) is 39.0 Å². The van der Waals surface area contributed by atoms with Gasteiger partial charge in [0.2, 0.25) is 5.91 Å². The summed E-state index contributed by atoms with van der Waals surface area (Å²) in [5.74, 6) is 0.645. The average molecular weight is 284 g/mol. The zero-order valence-electron chi connectivity index (χ0n) is 13.6. The van der Waals surface area contributed by atoms with Gasteiger partial charge in [0.15, 0.2) is 0 Å². The van der Waals surface area contributed by atoms with E-state index in [4.69, 9.17) is 5.73 Å². The van der Waals surface area contributed by atoms with E-state index in [0.29, 0.717) is 18.9 Å². The highest BCUT2D eigenvalue weighted by Gasteiger charge is 2.24. The minimum Gasteiger partial charge on any atom is -0.330 e. The van der Waals surface area contributed by atoms with E-state index in [9.17, 15) is 4.79 Å². The Morgan fingerprint density at radius 2 is 1.80 bits per heavy atom. The summed E-state index contributed by atoms with van der Waals surface area (Å²) in [6.07, 6.45) is 2.50. The third kappa shape index (κ3) is 6.20. The number of rotatable bonds is 6. The van der Waals surface area contributed by atoms with E-state index in [-0.39, 0.29) is 11.3 Å². The van der Waals surface area contributed by atoms with Gasteiger partial charge < -0.3 is 10.6 Å². The van der Waals surface area contributed by atoms with Crippen molar-refractivity contribution in [2.45, 2.75) is 40.0 Å². The fourth-order valence-electron chi connectivity index (χ4n) is 2.67. The lowest BCUT2D eigenvalue weighted by Gasteiger charge is -2.33. The summed E-state index contributed by atoms with van der Waals surface area (Å²) in [4.78, 5) is 14.3. The number of nitrogens with two attached hydrogens (primary N) is 1. The first-order chi connectivity index (χ1) is 9.32. The van der Waals surface area contributed by atoms with Crippen molar-refractivity contribution in [1.29, 1.82) is 0 Å². The number of piperazine rings is 1. The van der Waals surface area contributed by atoms with Crippen molar-refractivity contribution in [3.8, 4) is 0 Å². The summed E-state index contributed by atoms with van der Waals surface area (Å²) < 4.78 is 0. The van der Waals surface area contributed by atoms with Crippen molar-refractivity contribution < 1.29 is 4.79 Å². The lowest BCUT2D eigenvalue weighted by atomic mass is 9.76. The standard InChI is InChI=1S/C15H32N4O/c1-15(2,3)13(7-8-16)5-6-14(20)17-19-11-9-18(4)10-12-19/h13H,5-12,16H2,1-4H3,(H,17,20). The average Bonchev–Trinajstić information content (AvgIpc) is 2.36. The Labute approximate surface area is 123 Å². The van der Waals surface area contributed by atoms with Crippen LogP contribution in [0.4, 0.5) is 0 Å². The molecular weight excluding hydrogens is 252 g/mol. The smallest absolute Gasteiger partial charge is 0.234 e. The van der Waals surface area contributed by atoms with Gasteiger partial charge in [-0.3, -0.25) is 10.2 Å². The number of hydrogen-bond donors (Lipinski definition) is 2. The monoisotopic (exact) mass is 284 g/mol. The normalized spacial score (nSPS) is 19.9. The topological polar surface area (TPSA) is 61.6 Å². The molecule has 1 fully saturated rings. The van der Waals surface area contributed by atoms with Crippen molar-refractivity contribution >= 4 is 5.91 Å². The van der Waals surface area contributed by atoms with Gasteiger partial charge in [0.05, 0.1) is 0 Å². The van der Waals surface area contributed by atoms with Crippen LogP contribution in [0.1, 0.15) is 40.0 Å². The van der Waals surface area contributed by atoms with Crippen molar-refractivity contribution in [2.24, 2.45) is 17.1 Å². The number of carbonyl (C=O) groups is 1. The maximum absolute atomic E-state index is 12.0. The van der Waals surface area contributed by atoms with E-state index in [1.807, 2.05) is 5.01 Å². The fourth-order valence-corrected chi connectivity index (χ4v) is 2.67. The predicted octanol–water partition coefficient (Wildman–Crippen LogP) is 1.06. The molecule has 3 N–H and O–H groups in total. The molecule has 1 aliphatic rings. The van der Waals surface area contributed by atoms with E-state index in [2.05, 4.69) is 38.1 Å². The van der Waals surface area contributed by atoms with Crippen LogP contribution in [-0.4, -0.2) is 55.6 Å². The molecule has 0 saturated carbocycles. The summed E-state index contributed by atoms with van der Waals surface area (Å²) in [6.45, 7) is 11.2. The third-order valence-corrected chi connectivity index (χ3v) is 4.25. The highest BCUT2D eigenvalue weighted by molar-refractivity contribution is 5.75. The lowest BCUT2D eigenvalue weighted by Crippen LogP contribution is -2.52. The molecule has 0 spiro atoms. The van der Waals surface area contributed by atoms with Crippen LogP contribution in [0.2, 0.25) is 0 Å². The highest BCUT2D eigenvalue weighted by atomic mass is 16.2. The summed E-state index contributed by atoms with van der Waals surface area (Å²) >= 11 is 0. The van der Waals surface area contributed by atoms with Crippen LogP contribution in [0.5, 0.6) is 0 Å². The molecule has 1 saturated heterocycles. The predicted molar refractivity (Wildman–Crippen MR) is 83.1 cm³/mol. The molecule has 5 heteroatoms. The Balaban J connectivity index is 2.31. The first kappa shape index (κ1) is 17.4. The summed E-state index contributed by atoms with van der Waals surface area (Å²) in [5.41, 5.74) is 8.92. The van der Waals surface area contributed by atoms with Crippen molar-refractivity contribution in [1.82, 2.24) is 15.3 Å². The molecule has 1 rings (SSSR count). The van der Waals surface area contributed by atoms with Crippen LogP contribution in [0.3, 0.4) is 0 Å². The Bertz CT molecular complexity index is 293. The van der Waals surface area contributed by atoms with Gasteiger partial charge in [0, 0.05) is 32.6 Å². The first-order valence-corrected chi connectivity index (χ1v) is 7.76. The molecule has 1 amide bonds. The van der Waals surface area contributed by atoms with E-state index in [1.165, 1.54) is 0 Å². The van der Waals surface area contributed by atoms with Crippen LogP contribution in [0.15, 0.2) is 0 Å². The summed E-state index contributed by atoms with van der Waals surface area (Å²) in [7, 11) is 2.11. The minimum absolute atomic E-state index is 0.140. The molecule has 1 unspecified atom stereocenters. The molecule has 5 nitrogen and oxygen atoms in total. The largest absolute Gasteiger partial charge is 0.330 e. The quantitative estimate of drug-likeness (QED) is 0.765. The molecule has 0 aromatic heterocycles. The Morgan fingerprint density at radius 3 is 2.30 bits per heavy atom. The van der Waals surface area contributed by atoms with Crippen LogP contribution in [-0.2, 0) is 4.79 Å². The summed E-state index contributed by atoms with van der Waals surface area (Å²) in [6, 6.07) is 0. The number of nitrogens with zero attached hydrogens (tertiary/aromatic N) is 2. The molecule has 0 radical (unpaired) electrons. The van der Waals surface area contributed by atoms with Crippen LogP contribution in [0.25, 0.3) is 0 Å². The van der Waals surface area contributed by atoms with Gasteiger partial charge in [-0.15, -0.1) is 0 Å². The molecule has 0 aromatic carbocycles. The molecule has 1 atom stereocenters. The molecule has 0 aliphatic carbocycles. The SMILES string of the molecule is CN1CCN(NC(=O)CCC(CCN)C(C)(C)C)CC1. The lowest BCUT2D eigenvalue weighted by molar-refractivity contribution is -0.127. The minimum atomic E-state index is 0.140. The zero-order valence-corrected chi connectivity index (χ0v) is 13.6. The second kappa shape index (κ2) is 7.96. The van der Waals surface area contributed by atoms with Crippen molar-refractivity contribution in [3.63, 3.8) is 0 Å². The first-order valence-electron chi connectivity index (χ1n) is 7.76. The Kier molecular flexibility index (Phi) is 6.92. The van der Waals surface area contributed by atoms with Crippen molar-refractivity contribution in [3.05, 3.63) is 0 Å². The highest BCUT2D eigenvalue weighted by Crippen LogP contribution is 2.31. The molecule has 0 bridgehead atoms. The number of hydrogen-bond acceptors (Lipinski definition) is 4. The maximum atomic E-state index is 12.0. The van der Waals surface area contributed by atoms with Gasteiger partial charge in [0.1, 0.15) is 0 Å². The zero-order chi connectivity index (χ0) is 15.2. The van der Waals surface area contributed by atoms with Crippen LogP contribution < -0.4 is 11.2 Å². The number of likely N-dealkylation sites (N-methyl/N-ethyl adjacent to an activating group) is 1. The maximum Gasteiger partial charge on any atom is 0.234 e. The number of hydrazine groups is 1. The number of nitrogens with one attached hydrogen (secondary N) is 1. The Hall–Kier alpha value is -0.650. The van der Waals surface area contributed by atoms with Gasteiger partial charge in [-0.1, -0.05) is 20.8 Å². The number of carbonyl (C=O) groups excluding carboxylic acids is 1. The molecule has 1 heterocycles. The van der Waals surface area contributed by atoms with Gasteiger partial charge in [0.25, 0.3) is 0 Å². The molecular formula is C15H32N4O. The molecule has 20 heavy (non-hydrogen) atoms. The molecule has 1 aliphatic heterocycles. The second-order valence-electron chi connectivity index (χ2n) is 7.00. The molecule has 118 valence electrons. The second-order valence-corrected chi connectivity index (χ2v) is 7.00. The number of amides is 1. The Morgan fingerprint density at radius 1 is 1.20 bits per heavy atom. The van der Waals surface area contributed by atoms with Gasteiger partial charge >= 0.3 is 0 Å². The van der Waals surface area contributed by atoms with Crippen LogP contribution in [0, 0.1) is 11.3 Å². The van der Waals surface area contributed by atoms with Gasteiger partial charge in [-0.05, 0) is 37.8 Å². The molecule has 0 aromatic rings. The van der Waals surface area contributed by atoms with E-state index >= 15 is 0 Å². The van der Waals surface area contributed by atoms with Crippen LogP contribution >= 0.6 is 0 Å². The van der Waals surface area contributed by atoms with E-state index < -0.39 is 0 Å².